The van der Waals surface area contributed by atoms with Gasteiger partial charge in [-0.2, -0.15) is 5.26 Å². The summed E-state index contributed by atoms with van der Waals surface area (Å²) in [6.07, 6.45) is 0.320. The van der Waals surface area contributed by atoms with E-state index in [1.807, 2.05) is 41.3 Å². The third-order valence-electron chi connectivity index (χ3n) is 6.96. The van der Waals surface area contributed by atoms with Crippen LogP contribution < -0.4 is 4.74 Å². The smallest absolute Gasteiger partial charge is 0.243 e. The molecule has 0 radical (unpaired) electrons. The Morgan fingerprint density at radius 1 is 0.971 bits per heavy atom. The first kappa shape index (κ1) is 24.7. The maximum atomic E-state index is 13.7. The lowest BCUT2D eigenvalue weighted by atomic mass is 9.79. The predicted molar refractivity (Wildman–Crippen MR) is 138 cm³/mol. The molecule has 1 fully saturated rings. The van der Waals surface area contributed by atoms with Crippen molar-refractivity contribution in [1.82, 2.24) is 9.80 Å². The summed E-state index contributed by atoms with van der Waals surface area (Å²) in [6.45, 7) is 6.13. The standard InChI is InChI=1S/C29H33N3O3/c1-29(21-30,28(33)32-16-14-31(15-17-32)18-19-34-2)20-26-23-9-5-4-8-22(23)12-13-24(26)25-10-6-7-11-27(25)35-3/h4-13H,14-20H2,1-3H3/t29-/m0/s1. The van der Waals surface area contributed by atoms with Crippen molar-refractivity contribution in [2.45, 2.75) is 13.3 Å². The number of fused-ring (bicyclic) bond motifs is 1. The first-order chi connectivity index (χ1) is 17.0. The van der Waals surface area contributed by atoms with E-state index >= 15 is 0 Å². The zero-order valence-electron chi connectivity index (χ0n) is 20.8. The predicted octanol–water partition coefficient (Wildman–Crippen LogP) is 4.38. The van der Waals surface area contributed by atoms with Crippen LogP contribution in [-0.4, -0.2) is 69.3 Å². The molecule has 0 aromatic heterocycles. The topological polar surface area (TPSA) is 65.8 Å². The summed E-state index contributed by atoms with van der Waals surface area (Å²) in [7, 11) is 3.36. The van der Waals surface area contributed by atoms with Crippen molar-refractivity contribution in [3.8, 4) is 22.9 Å². The molecule has 1 atom stereocenters. The van der Waals surface area contributed by atoms with Crippen molar-refractivity contribution in [2.75, 3.05) is 53.6 Å². The van der Waals surface area contributed by atoms with Crippen molar-refractivity contribution in [1.29, 1.82) is 5.26 Å². The summed E-state index contributed by atoms with van der Waals surface area (Å²) >= 11 is 0. The molecule has 35 heavy (non-hydrogen) atoms. The highest BCUT2D eigenvalue weighted by molar-refractivity contribution is 5.94. The van der Waals surface area contributed by atoms with Gasteiger partial charge in [-0.15, -0.1) is 0 Å². The third-order valence-corrected chi connectivity index (χ3v) is 6.96. The zero-order valence-corrected chi connectivity index (χ0v) is 20.8. The number of rotatable bonds is 8. The number of carbonyl (C=O) groups is 1. The Balaban J connectivity index is 1.69. The second-order valence-corrected chi connectivity index (χ2v) is 9.26. The Morgan fingerprint density at radius 3 is 2.40 bits per heavy atom. The molecular formula is C29H33N3O3. The number of nitrogens with zero attached hydrogens (tertiary/aromatic N) is 3. The average molecular weight is 472 g/mol. The first-order valence-electron chi connectivity index (χ1n) is 12.1. The highest BCUT2D eigenvalue weighted by atomic mass is 16.5. The Kier molecular flexibility index (Phi) is 7.70. The van der Waals surface area contributed by atoms with Gasteiger partial charge in [-0.3, -0.25) is 9.69 Å². The van der Waals surface area contributed by atoms with E-state index in [2.05, 4.69) is 35.2 Å². The fourth-order valence-electron chi connectivity index (χ4n) is 4.91. The van der Waals surface area contributed by atoms with Crippen molar-refractivity contribution in [2.24, 2.45) is 5.41 Å². The van der Waals surface area contributed by atoms with Crippen molar-refractivity contribution in [3.05, 3.63) is 66.2 Å². The molecule has 0 spiro atoms. The second kappa shape index (κ2) is 10.9. The Labute approximate surface area is 207 Å². The first-order valence-corrected chi connectivity index (χ1v) is 12.1. The van der Waals surface area contributed by atoms with Crippen LogP contribution in [0.4, 0.5) is 0 Å². The molecule has 0 bridgehead atoms. The number of amides is 1. The molecule has 1 amide bonds. The summed E-state index contributed by atoms with van der Waals surface area (Å²) in [6, 6.07) is 22.6. The molecule has 0 aliphatic carbocycles. The van der Waals surface area contributed by atoms with Gasteiger partial charge in [0, 0.05) is 51.8 Å². The summed E-state index contributed by atoms with van der Waals surface area (Å²) in [5.41, 5.74) is 1.74. The van der Waals surface area contributed by atoms with E-state index in [-0.39, 0.29) is 5.91 Å². The maximum absolute atomic E-state index is 13.7. The number of piperazine rings is 1. The maximum Gasteiger partial charge on any atom is 0.243 e. The average Bonchev–Trinajstić information content (AvgIpc) is 2.92. The van der Waals surface area contributed by atoms with Gasteiger partial charge in [0.1, 0.15) is 11.2 Å². The molecule has 1 aliphatic heterocycles. The van der Waals surface area contributed by atoms with Gasteiger partial charge in [-0.1, -0.05) is 54.6 Å². The van der Waals surface area contributed by atoms with Crippen LogP contribution >= 0.6 is 0 Å². The van der Waals surface area contributed by atoms with Gasteiger partial charge >= 0.3 is 0 Å². The minimum absolute atomic E-state index is 0.106. The SMILES string of the molecule is COCCN1CCN(C(=O)[C@](C)(C#N)Cc2c(-c3ccccc3OC)ccc3ccccc23)CC1. The number of benzene rings is 3. The second-order valence-electron chi connectivity index (χ2n) is 9.26. The number of hydrogen-bond donors (Lipinski definition) is 0. The Morgan fingerprint density at radius 2 is 1.69 bits per heavy atom. The van der Waals surface area contributed by atoms with E-state index in [1.54, 1.807) is 21.1 Å². The molecule has 1 saturated heterocycles. The number of para-hydroxylation sites is 1. The van der Waals surface area contributed by atoms with Crippen LogP contribution in [0.3, 0.4) is 0 Å². The van der Waals surface area contributed by atoms with Gasteiger partial charge in [0.05, 0.1) is 19.8 Å². The Bertz CT molecular complexity index is 1230. The van der Waals surface area contributed by atoms with E-state index < -0.39 is 5.41 Å². The van der Waals surface area contributed by atoms with Gasteiger partial charge in [-0.25, -0.2) is 0 Å². The third kappa shape index (κ3) is 5.17. The van der Waals surface area contributed by atoms with Gasteiger partial charge < -0.3 is 14.4 Å². The lowest BCUT2D eigenvalue weighted by Gasteiger charge is -2.38. The highest BCUT2D eigenvalue weighted by Gasteiger charge is 2.39. The molecule has 0 unspecified atom stereocenters. The summed E-state index contributed by atoms with van der Waals surface area (Å²) in [5, 5.41) is 12.4. The summed E-state index contributed by atoms with van der Waals surface area (Å²) in [5.74, 6) is 0.659. The summed E-state index contributed by atoms with van der Waals surface area (Å²) in [4.78, 5) is 17.9. The van der Waals surface area contributed by atoms with E-state index in [0.717, 1.165) is 52.8 Å². The van der Waals surface area contributed by atoms with Crippen LogP contribution in [0.25, 0.3) is 21.9 Å². The lowest BCUT2D eigenvalue weighted by molar-refractivity contribution is -0.140. The number of nitriles is 1. The molecule has 1 aliphatic rings. The molecule has 182 valence electrons. The van der Waals surface area contributed by atoms with Crippen LogP contribution in [-0.2, 0) is 16.0 Å². The van der Waals surface area contributed by atoms with E-state index in [0.29, 0.717) is 26.1 Å². The summed E-state index contributed by atoms with van der Waals surface area (Å²) < 4.78 is 10.8. The zero-order chi connectivity index (χ0) is 24.8. The number of methoxy groups -OCH3 is 2. The molecule has 1 heterocycles. The molecule has 3 aromatic carbocycles. The van der Waals surface area contributed by atoms with Crippen LogP contribution in [0.5, 0.6) is 5.75 Å². The number of hydrogen-bond acceptors (Lipinski definition) is 5. The molecule has 4 rings (SSSR count). The molecule has 6 heteroatoms. The molecule has 0 saturated carbocycles. The van der Waals surface area contributed by atoms with Gasteiger partial charge in [0.2, 0.25) is 5.91 Å². The van der Waals surface area contributed by atoms with Crippen LogP contribution in [0, 0.1) is 16.7 Å². The molecule has 6 nitrogen and oxygen atoms in total. The van der Waals surface area contributed by atoms with Crippen molar-refractivity contribution >= 4 is 16.7 Å². The quantitative estimate of drug-likeness (QED) is 0.488. The number of ether oxygens (including phenoxy) is 2. The van der Waals surface area contributed by atoms with E-state index in [9.17, 15) is 10.1 Å². The normalized spacial score (nSPS) is 16.0. The van der Waals surface area contributed by atoms with Crippen LogP contribution in [0.15, 0.2) is 60.7 Å². The monoisotopic (exact) mass is 471 g/mol. The van der Waals surface area contributed by atoms with Gasteiger partial charge in [0.25, 0.3) is 0 Å². The minimum Gasteiger partial charge on any atom is -0.496 e. The minimum atomic E-state index is -1.18. The van der Waals surface area contributed by atoms with Crippen LogP contribution in [0.1, 0.15) is 12.5 Å². The largest absolute Gasteiger partial charge is 0.496 e. The van der Waals surface area contributed by atoms with Crippen molar-refractivity contribution in [3.63, 3.8) is 0 Å². The van der Waals surface area contributed by atoms with Gasteiger partial charge in [-0.05, 0) is 34.9 Å². The fraction of sp³-hybridized carbons (Fsp3) is 0.379. The molecule has 3 aromatic rings. The lowest BCUT2D eigenvalue weighted by Crippen LogP contribution is -2.53. The fourth-order valence-corrected chi connectivity index (χ4v) is 4.91. The van der Waals surface area contributed by atoms with Crippen molar-refractivity contribution < 1.29 is 14.3 Å². The van der Waals surface area contributed by atoms with E-state index in [1.165, 1.54) is 0 Å². The van der Waals surface area contributed by atoms with Crippen LogP contribution in [0.2, 0.25) is 0 Å². The molecule has 0 N–H and O–H groups in total. The number of carbonyl (C=O) groups excluding carboxylic acids is 1. The highest BCUT2D eigenvalue weighted by Crippen LogP contribution is 2.39. The Hall–Kier alpha value is -3.40. The van der Waals surface area contributed by atoms with Gasteiger partial charge in [0.15, 0.2) is 0 Å². The van der Waals surface area contributed by atoms with E-state index in [4.69, 9.17) is 9.47 Å². The molecular weight excluding hydrogens is 438 g/mol.